The summed E-state index contributed by atoms with van der Waals surface area (Å²) in [5.41, 5.74) is 6.51. The van der Waals surface area contributed by atoms with E-state index in [9.17, 15) is 0 Å². The summed E-state index contributed by atoms with van der Waals surface area (Å²) in [4.78, 5) is 12.2. The van der Waals surface area contributed by atoms with Crippen molar-refractivity contribution in [1.29, 1.82) is 0 Å². The number of ether oxygens (including phenoxy) is 1. The van der Waals surface area contributed by atoms with Crippen molar-refractivity contribution < 1.29 is 9.26 Å². The summed E-state index contributed by atoms with van der Waals surface area (Å²) in [6.07, 6.45) is 3.07. The van der Waals surface area contributed by atoms with Gasteiger partial charge in [-0.2, -0.15) is 4.98 Å². The van der Waals surface area contributed by atoms with Crippen LogP contribution in [0.2, 0.25) is 0 Å². The molecule has 7 heteroatoms. The van der Waals surface area contributed by atoms with E-state index in [4.69, 9.17) is 15.0 Å². The average molecular weight is 233 g/mol. The fourth-order valence-corrected chi connectivity index (χ4v) is 1.74. The summed E-state index contributed by atoms with van der Waals surface area (Å²) in [5, 5.41) is 3.88. The van der Waals surface area contributed by atoms with Gasteiger partial charge in [-0.25, -0.2) is 9.97 Å². The number of aromatic nitrogens is 4. The zero-order valence-electron chi connectivity index (χ0n) is 8.98. The zero-order valence-corrected chi connectivity index (χ0v) is 8.98. The number of nitrogens with two attached hydrogens (primary N) is 1. The second-order valence-corrected chi connectivity index (χ2v) is 3.86. The van der Waals surface area contributed by atoms with E-state index in [-0.39, 0.29) is 12.0 Å². The Bertz CT molecular complexity index is 500. The van der Waals surface area contributed by atoms with Gasteiger partial charge in [0.2, 0.25) is 11.7 Å². The van der Waals surface area contributed by atoms with Gasteiger partial charge in [0.1, 0.15) is 12.0 Å². The highest BCUT2D eigenvalue weighted by Crippen LogP contribution is 2.24. The lowest BCUT2D eigenvalue weighted by molar-refractivity contribution is 0.187. The minimum Gasteiger partial charge on any atom is -0.379 e. The maximum absolute atomic E-state index is 5.88. The lowest BCUT2D eigenvalue weighted by atomic mass is 10.1. The summed E-state index contributed by atoms with van der Waals surface area (Å²) >= 11 is 0. The summed E-state index contributed by atoms with van der Waals surface area (Å²) in [6.45, 7) is 1.04. The van der Waals surface area contributed by atoms with E-state index in [1.807, 2.05) is 0 Å². The molecule has 2 atom stereocenters. The van der Waals surface area contributed by atoms with E-state index < -0.39 is 0 Å². The third-order valence-corrected chi connectivity index (χ3v) is 2.69. The predicted molar refractivity (Wildman–Crippen MR) is 56.9 cm³/mol. The second kappa shape index (κ2) is 4.19. The smallest absolute Gasteiger partial charge is 0.234 e. The molecule has 0 aromatic carbocycles. The fourth-order valence-electron chi connectivity index (χ4n) is 1.74. The van der Waals surface area contributed by atoms with E-state index in [1.54, 1.807) is 12.3 Å². The highest BCUT2D eigenvalue weighted by Gasteiger charge is 2.31. The summed E-state index contributed by atoms with van der Waals surface area (Å²) in [6, 6.07) is 1.63. The third kappa shape index (κ3) is 1.90. The van der Waals surface area contributed by atoms with Crippen LogP contribution in [0.25, 0.3) is 11.5 Å². The van der Waals surface area contributed by atoms with Crippen molar-refractivity contribution in [3.8, 4) is 11.5 Å². The Kier molecular flexibility index (Phi) is 2.54. The molecule has 1 saturated heterocycles. The Balaban J connectivity index is 1.88. The number of rotatable bonds is 2. The molecule has 2 aromatic heterocycles. The highest BCUT2D eigenvalue weighted by atomic mass is 16.5. The standard InChI is InChI=1S/C10H11N5O2/c11-7-4-16-3-6(7)10-14-9(15-17-10)8-1-2-12-5-13-8/h1-2,5-7H,3-4,11H2. The van der Waals surface area contributed by atoms with Gasteiger partial charge in [0.05, 0.1) is 19.1 Å². The van der Waals surface area contributed by atoms with Crippen LogP contribution in [-0.4, -0.2) is 39.4 Å². The largest absolute Gasteiger partial charge is 0.379 e. The summed E-state index contributed by atoms with van der Waals surface area (Å²) in [5.74, 6) is 0.920. The number of hydrogen-bond acceptors (Lipinski definition) is 7. The van der Waals surface area contributed by atoms with Crippen molar-refractivity contribution in [3.63, 3.8) is 0 Å². The lowest BCUT2D eigenvalue weighted by Gasteiger charge is -2.05. The number of hydrogen-bond donors (Lipinski definition) is 1. The van der Waals surface area contributed by atoms with Crippen molar-refractivity contribution in [3.05, 3.63) is 24.5 Å². The number of nitrogens with zero attached hydrogens (tertiary/aromatic N) is 4. The molecule has 0 spiro atoms. The van der Waals surface area contributed by atoms with Crippen LogP contribution in [0.5, 0.6) is 0 Å². The SMILES string of the molecule is NC1COCC1c1nc(-c2ccncn2)no1. The van der Waals surface area contributed by atoms with E-state index in [0.717, 1.165) is 0 Å². The molecular formula is C10H11N5O2. The van der Waals surface area contributed by atoms with Crippen LogP contribution >= 0.6 is 0 Å². The quantitative estimate of drug-likeness (QED) is 0.777. The van der Waals surface area contributed by atoms with Crippen molar-refractivity contribution in [2.75, 3.05) is 13.2 Å². The van der Waals surface area contributed by atoms with Crippen LogP contribution < -0.4 is 5.73 Å². The minimum absolute atomic E-state index is 0.0295. The Morgan fingerprint density at radius 1 is 1.35 bits per heavy atom. The van der Waals surface area contributed by atoms with Gasteiger partial charge in [0.25, 0.3) is 0 Å². The maximum Gasteiger partial charge on any atom is 0.234 e. The molecule has 7 nitrogen and oxygen atoms in total. The monoisotopic (exact) mass is 233 g/mol. The van der Waals surface area contributed by atoms with Crippen LogP contribution in [0.3, 0.4) is 0 Å². The molecule has 2 unspecified atom stereocenters. The molecule has 1 aliphatic rings. The van der Waals surface area contributed by atoms with E-state index in [0.29, 0.717) is 30.6 Å². The van der Waals surface area contributed by atoms with Crippen LogP contribution in [0.4, 0.5) is 0 Å². The minimum atomic E-state index is -0.0892. The molecule has 3 heterocycles. The van der Waals surface area contributed by atoms with E-state index in [2.05, 4.69) is 20.1 Å². The first kappa shape index (κ1) is 10.3. The highest BCUT2D eigenvalue weighted by molar-refractivity contribution is 5.46. The lowest BCUT2D eigenvalue weighted by Crippen LogP contribution is -2.26. The van der Waals surface area contributed by atoms with Crippen LogP contribution in [0, 0.1) is 0 Å². The van der Waals surface area contributed by atoms with Gasteiger partial charge in [-0.05, 0) is 6.07 Å². The van der Waals surface area contributed by atoms with Gasteiger partial charge >= 0.3 is 0 Å². The van der Waals surface area contributed by atoms with Crippen molar-refractivity contribution in [2.45, 2.75) is 12.0 Å². The molecule has 0 aliphatic carbocycles. The molecule has 1 aliphatic heterocycles. The molecule has 0 bridgehead atoms. The van der Waals surface area contributed by atoms with Crippen molar-refractivity contribution >= 4 is 0 Å². The van der Waals surface area contributed by atoms with Gasteiger partial charge in [0, 0.05) is 12.2 Å². The Labute approximate surface area is 97.0 Å². The molecule has 2 aromatic rings. The molecule has 88 valence electrons. The van der Waals surface area contributed by atoms with Gasteiger partial charge in [-0.3, -0.25) is 0 Å². The zero-order chi connectivity index (χ0) is 11.7. The average Bonchev–Trinajstić information content (AvgIpc) is 2.98. The van der Waals surface area contributed by atoms with Crippen LogP contribution in [0.15, 0.2) is 23.1 Å². The molecule has 0 radical (unpaired) electrons. The van der Waals surface area contributed by atoms with E-state index >= 15 is 0 Å². The molecule has 17 heavy (non-hydrogen) atoms. The Morgan fingerprint density at radius 3 is 3.00 bits per heavy atom. The first-order valence-corrected chi connectivity index (χ1v) is 5.28. The van der Waals surface area contributed by atoms with Gasteiger partial charge < -0.3 is 15.0 Å². The molecular weight excluding hydrogens is 222 g/mol. The molecule has 0 saturated carbocycles. The molecule has 3 rings (SSSR count). The van der Waals surface area contributed by atoms with Crippen molar-refractivity contribution in [1.82, 2.24) is 20.1 Å². The summed E-state index contributed by atoms with van der Waals surface area (Å²) in [7, 11) is 0. The van der Waals surface area contributed by atoms with Crippen LogP contribution in [0.1, 0.15) is 11.8 Å². The first-order valence-electron chi connectivity index (χ1n) is 5.28. The summed E-state index contributed by atoms with van der Waals surface area (Å²) < 4.78 is 10.5. The normalized spacial score (nSPS) is 24.1. The van der Waals surface area contributed by atoms with E-state index in [1.165, 1.54) is 6.33 Å². The first-order chi connectivity index (χ1) is 8.34. The Morgan fingerprint density at radius 2 is 2.29 bits per heavy atom. The maximum atomic E-state index is 5.88. The van der Waals surface area contributed by atoms with Crippen LogP contribution in [-0.2, 0) is 4.74 Å². The molecule has 1 fully saturated rings. The fraction of sp³-hybridized carbons (Fsp3) is 0.400. The molecule has 2 N–H and O–H groups in total. The van der Waals surface area contributed by atoms with Gasteiger partial charge in [0.15, 0.2) is 0 Å². The molecule has 0 amide bonds. The van der Waals surface area contributed by atoms with Gasteiger partial charge in [-0.1, -0.05) is 5.16 Å². The third-order valence-electron chi connectivity index (χ3n) is 2.69. The van der Waals surface area contributed by atoms with Crippen molar-refractivity contribution in [2.24, 2.45) is 5.73 Å². The predicted octanol–water partition coefficient (Wildman–Crippen LogP) is -0.0323. The Hall–Kier alpha value is -1.86. The topological polar surface area (TPSA) is 100.0 Å². The van der Waals surface area contributed by atoms with Gasteiger partial charge in [-0.15, -0.1) is 0 Å². The second-order valence-electron chi connectivity index (χ2n) is 3.86.